The van der Waals surface area contributed by atoms with E-state index in [0.717, 1.165) is 30.9 Å². The Labute approximate surface area is 156 Å². The van der Waals surface area contributed by atoms with Crippen LogP contribution in [0.2, 0.25) is 0 Å². The molecule has 0 spiro atoms. The van der Waals surface area contributed by atoms with Gasteiger partial charge in [0.15, 0.2) is 0 Å². The molecule has 1 aromatic rings. The number of benzene rings is 1. The molecule has 144 valence electrons. The highest BCUT2D eigenvalue weighted by Crippen LogP contribution is 2.23. The van der Waals surface area contributed by atoms with Gasteiger partial charge in [-0.1, -0.05) is 26.3 Å². The van der Waals surface area contributed by atoms with Crippen LogP contribution in [0, 0.1) is 5.92 Å². The molecule has 0 radical (unpaired) electrons. The minimum absolute atomic E-state index is 0.0984. The van der Waals surface area contributed by atoms with Crippen LogP contribution in [0.25, 0.3) is 0 Å². The number of hydrogen-bond acceptors (Lipinski definition) is 4. The Morgan fingerprint density at radius 3 is 2.58 bits per heavy atom. The molecule has 6 heteroatoms. The van der Waals surface area contributed by atoms with Crippen molar-refractivity contribution in [3.05, 3.63) is 24.3 Å². The van der Waals surface area contributed by atoms with Crippen molar-refractivity contribution in [2.24, 2.45) is 5.92 Å². The molecule has 0 aromatic heterocycles. The Balaban J connectivity index is 2.00. The molecule has 1 saturated heterocycles. The first-order valence-electron chi connectivity index (χ1n) is 9.66. The van der Waals surface area contributed by atoms with Gasteiger partial charge < -0.3 is 20.9 Å². The zero-order valence-electron chi connectivity index (χ0n) is 16.2. The predicted octanol–water partition coefficient (Wildman–Crippen LogP) is 2.37. The predicted molar refractivity (Wildman–Crippen MR) is 106 cm³/mol. The summed E-state index contributed by atoms with van der Waals surface area (Å²) in [6.07, 6.45) is 3.88. The van der Waals surface area contributed by atoms with Gasteiger partial charge in [-0.05, 0) is 44.5 Å². The lowest BCUT2D eigenvalue weighted by Crippen LogP contribution is -2.46. The summed E-state index contributed by atoms with van der Waals surface area (Å²) in [4.78, 5) is 27.3. The molecule has 26 heavy (non-hydrogen) atoms. The fraction of sp³-hybridized carbons (Fsp3) is 0.600. The molecule has 2 rings (SSSR count). The van der Waals surface area contributed by atoms with Crippen molar-refractivity contribution in [3.63, 3.8) is 0 Å². The molecule has 3 N–H and O–H groups in total. The van der Waals surface area contributed by atoms with Crippen LogP contribution >= 0.6 is 0 Å². The van der Waals surface area contributed by atoms with E-state index in [4.69, 9.17) is 0 Å². The second-order valence-electron chi connectivity index (χ2n) is 7.04. The van der Waals surface area contributed by atoms with E-state index in [1.807, 2.05) is 39.1 Å². The molecule has 0 bridgehead atoms. The molecular formula is C20H32N4O2. The number of hydrogen-bond donors (Lipinski definition) is 3. The summed E-state index contributed by atoms with van der Waals surface area (Å²) in [5, 5.41) is 8.85. The highest BCUT2D eigenvalue weighted by Gasteiger charge is 2.23. The molecule has 0 aliphatic carbocycles. The van der Waals surface area contributed by atoms with Crippen molar-refractivity contribution in [2.75, 3.05) is 36.9 Å². The standard InChI is InChI=1S/C20H32N4O2/c1-4-8-18(23-19(25)15(2)14-21-3)20(26)22-16-9-7-10-17(13-16)24-11-5-6-12-24/h7,9-10,13,15,18,21H,4-6,8,11-12,14H2,1-3H3,(H,22,26)(H,23,25). The maximum Gasteiger partial charge on any atom is 0.246 e. The maximum atomic E-state index is 12.7. The largest absolute Gasteiger partial charge is 0.371 e. The van der Waals surface area contributed by atoms with Crippen molar-refractivity contribution in [1.29, 1.82) is 0 Å². The van der Waals surface area contributed by atoms with E-state index in [2.05, 4.69) is 26.9 Å². The Morgan fingerprint density at radius 2 is 1.92 bits per heavy atom. The van der Waals surface area contributed by atoms with Gasteiger partial charge in [-0.2, -0.15) is 0 Å². The summed E-state index contributed by atoms with van der Waals surface area (Å²) in [6.45, 7) is 6.58. The molecule has 1 aliphatic rings. The molecular weight excluding hydrogens is 328 g/mol. The van der Waals surface area contributed by atoms with Crippen LogP contribution in [-0.2, 0) is 9.59 Å². The van der Waals surface area contributed by atoms with Gasteiger partial charge in [0, 0.05) is 36.9 Å². The molecule has 6 nitrogen and oxygen atoms in total. The summed E-state index contributed by atoms with van der Waals surface area (Å²) < 4.78 is 0. The number of carbonyl (C=O) groups is 2. The van der Waals surface area contributed by atoms with Gasteiger partial charge >= 0.3 is 0 Å². The van der Waals surface area contributed by atoms with Crippen LogP contribution < -0.4 is 20.9 Å². The quantitative estimate of drug-likeness (QED) is 0.632. The Kier molecular flexibility index (Phi) is 7.91. The molecule has 2 amide bonds. The second kappa shape index (κ2) is 10.2. The van der Waals surface area contributed by atoms with Gasteiger partial charge in [0.05, 0.1) is 0 Å². The average Bonchev–Trinajstić information content (AvgIpc) is 3.16. The van der Waals surface area contributed by atoms with Crippen LogP contribution in [-0.4, -0.2) is 44.5 Å². The number of rotatable bonds is 9. The summed E-state index contributed by atoms with van der Waals surface area (Å²) >= 11 is 0. The van der Waals surface area contributed by atoms with Gasteiger partial charge in [-0.3, -0.25) is 9.59 Å². The zero-order valence-corrected chi connectivity index (χ0v) is 16.2. The lowest BCUT2D eigenvalue weighted by atomic mass is 10.1. The van der Waals surface area contributed by atoms with Crippen LogP contribution in [0.1, 0.15) is 39.5 Å². The SMILES string of the molecule is CCCC(NC(=O)C(C)CNC)C(=O)Nc1cccc(N2CCCC2)c1. The first-order chi connectivity index (χ1) is 12.5. The molecule has 2 unspecified atom stereocenters. The van der Waals surface area contributed by atoms with Gasteiger partial charge in [0.2, 0.25) is 11.8 Å². The monoisotopic (exact) mass is 360 g/mol. The van der Waals surface area contributed by atoms with Crippen molar-refractivity contribution in [1.82, 2.24) is 10.6 Å². The molecule has 0 saturated carbocycles. The lowest BCUT2D eigenvalue weighted by Gasteiger charge is -2.21. The highest BCUT2D eigenvalue weighted by molar-refractivity contribution is 5.97. The minimum Gasteiger partial charge on any atom is -0.371 e. The summed E-state index contributed by atoms with van der Waals surface area (Å²) in [5.74, 6) is -0.431. The van der Waals surface area contributed by atoms with Crippen LogP contribution in [0.4, 0.5) is 11.4 Å². The van der Waals surface area contributed by atoms with E-state index in [0.29, 0.717) is 13.0 Å². The number of carbonyl (C=O) groups excluding carboxylic acids is 2. The van der Waals surface area contributed by atoms with Crippen molar-refractivity contribution in [3.8, 4) is 0 Å². The van der Waals surface area contributed by atoms with Crippen molar-refractivity contribution < 1.29 is 9.59 Å². The molecule has 2 atom stereocenters. The molecule has 1 aliphatic heterocycles. The van der Waals surface area contributed by atoms with E-state index in [1.165, 1.54) is 12.8 Å². The summed E-state index contributed by atoms with van der Waals surface area (Å²) in [5.41, 5.74) is 1.91. The Bertz CT molecular complexity index is 599. The van der Waals surface area contributed by atoms with Gasteiger partial charge in [-0.15, -0.1) is 0 Å². The molecule has 1 aromatic carbocycles. The second-order valence-corrected chi connectivity index (χ2v) is 7.04. The first kappa shape index (κ1) is 20.2. The van der Waals surface area contributed by atoms with Crippen LogP contribution in [0.5, 0.6) is 0 Å². The van der Waals surface area contributed by atoms with E-state index in [-0.39, 0.29) is 17.7 Å². The molecule has 1 heterocycles. The van der Waals surface area contributed by atoms with Gasteiger partial charge in [-0.25, -0.2) is 0 Å². The first-order valence-corrected chi connectivity index (χ1v) is 9.66. The summed E-state index contributed by atoms with van der Waals surface area (Å²) in [7, 11) is 1.81. The maximum absolute atomic E-state index is 12.7. The third-order valence-electron chi connectivity index (χ3n) is 4.75. The van der Waals surface area contributed by atoms with E-state index < -0.39 is 6.04 Å². The molecule has 1 fully saturated rings. The highest BCUT2D eigenvalue weighted by atomic mass is 16.2. The number of nitrogens with zero attached hydrogens (tertiary/aromatic N) is 1. The summed E-state index contributed by atoms with van der Waals surface area (Å²) in [6, 6.07) is 7.43. The van der Waals surface area contributed by atoms with Gasteiger partial charge in [0.25, 0.3) is 0 Å². The Hall–Kier alpha value is -2.08. The van der Waals surface area contributed by atoms with E-state index in [1.54, 1.807) is 0 Å². The lowest BCUT2D eigenvalue weighted by molar-refractivity contribution is -0.128. The smallest absolute Gasteiger partial charge is 0.246 e. The fourth-order valence-electron chi connectivity index (χ4n) is 3.26. The van der Waals surface area contributed by atoms with Crippen molar-refractivity contribution in [2.45, 2.75) is 45.6 Å². The van der Waals surface area contributed by atoms with Crippen LogP contribution in [0.15, 0.2) is 24.3 Å². The minimum atomic E-state index is -0.512. The van der Waals surface area contributed by atoms with Gasteiger partial charge in [0.1, 0.15) is 6.04 Å². The van der Waals surface area contributed by atoms with E-state index in [9.17, 15) is 9.59 Å². The fourth-order valence-corrected chi connectivity index (χ4v) is 3.26. The zero-order chi connectivity index (χ0) is 18.9. The average molecular weight is 361 g/mol. The third kappa shape index (κ3) is 5.73. The van der Waals surface area contributed by atoms with E-state index >= 15 is 0 Å². The normalized spacial score (nSPS) is 16.2. The topological polar surface area (TPSA) is 73.5 Å². The number of amides is 2. The number of anilines is 2. The van der Waals surface area contributed by atoms with Crippen LogP contribution in [0.3, 0.4) is 0 Å². The Morgan fingerprint density at radius 1 is 1.19 bits per heavy atom. The number of nitrogens with one attached hydrogen (secondary N) is 3. The third-order valence-corrected chi connectivity index (χ3v) is 4.75. The van der Waals surface area contributed by atoms with Crippen molar-refractivity contribution >= 4 is 23.2 Å².